The van der Waals surface area contributed by atoms with Crippen LogP contribution in [-0.2, 0) is 42.7 Å². The van der Waals surface area contributed by atoms with Gasteiger partial charge in [0.1, 0.15) is 53.7 Å². The number of carbonyl (C=O) groups excluding carboxylic acids is 4. The van der Waals surface area contributed by atoms with E-state index in [9.17, 15) is 33.8 Å². The molecule has 3 aliphatic carbocycles. The Morgan fingerprint density at radius 1 is 1.05 bits per heavy atom. The SMILES string of the molecule is CC(=O)O[C@@]12CO[C@@H]1CC[C@@]1(C)[C@@H]3O[C@H](CN4CC(F)C4)O[C@@H]3C3=C(C)[C@@H](OC(=O)[C@H](O)[C@@H](NC(=O)OC(C)C)c4ncccc4F)C[C@@](O)([C@@H](OC(=O)c4ccccc4)[C@@H]12)C3(C)C. The zero-order chi connectivity index (χ0) is 46.1. The van der Waals surface area contributed by atoms with Crippen molar-refractivity contribution in [1.29, 1.82) is 0 Å². The van der Waals surface area contributed by atoms with Crippen molar-refractivity contribution in [2.45, 2.75) is 140 Å². The Hall–Kier alpha value is -4.59. The lowest BCUT2D eigenvalue weighted by molar-refractivity contribution is -0.345. The number of hydrogen-bond donors (Lipinski definition) is 3. The number of rotatable bonds is 11. The second-order valence-electron chi connectivity index (χ2n) is 19.1. The van der Waals surface area contributed by atoms with Crippen molar-refractivity contribution < 1.29 is 71.3 Å². The quantitative estimate of drug-likeness (QED) is 0.164. The molecule has 348 valence electrons. The zero-order valence-corrected chi connectivity index (χ0v) is 37.0. The van der Waals surface area contributed by atoms with Crippen LogP contribution < -0.4 is 5.32 Å². The van der Waals surface area contributed by atoms with E-state index in [4.69, 9.17) is 33.2 Å². The summed E-state index contributed by atoms with van der Waals surface area (Å²) in [4.78, 5) is 60.6. The fourth-order valence-electron chi connectivity index (χ4n) is 11.3. The maximum Gasteiger partial charge on any atom is 0.408 e. The summed E-state index contributed by atoms with van der Waals surface area (Å²) in [7, 11) is 0. The van der Waals surface area contributed by atoms with Crippen LogP contribution in [0.3, 0.4) is 0 Å². The number of ether oxygens (including phenoxy) is 7. The van der Waals surface area contributed by atoms with Crippen molar-refractivity contribution >= 4 is 24.0 Å². The Balaban J connectivity index is 1.27. The molecule has 16 nitrogen and oxygen atoms in total. The molecule has 0 unspecified atom stereocenters. The van der Waals surface area contributed by atoms with E-state index in [-0.39, 0.29) is 31.8 Å². The monoisotopic (exact) mass is 897 g/mol. The first-order valence-electron chi connectivity index (χ1n) is 21.8. The molecular formula is C46H57F2N3O13. The first-order chi connectivity index (χ1) is 30.2. The molecule has 1 aromatic carbocycles. The van der Waals surface area contributed by atoms with Crippen molar-refractivity contribution in [2.75, 3.05) is 26.2 Å². The fourth-order valence-corrected chi connectivity index (χ4v) is 11.3. The Morgan fingerprint density at radius 2 is 1.77 bits per heavy atom. The van der Waals surface area contributed by atoms with E-state index in [1.807, 2.05) is 11.8 Å². The van der Waals surface area contributed by atoms with Gasteiger partial charge in [0.15, 0.2) is 18.0 Å². The van der Waals surface area contributed by atoms with Crippen molar-refractivity contribution in [3.63, 3.8) is 0 Å². The minimum Gasteiger partial charge on any atom is -0.456 e. The maximum absolute atomic E-state index is 15.3. The van der Waals surface area contributed by atoms with Crippen LogP contribution in [0.4, 0.5) is 13.6 Å². The van der Waals surface area contributed by atoms with Gasteiger partial charge in [-0.15, -0.1) is 0 Å². The van der Waals surface area contributed by atoms with E-state index in [1.165, 1.54) is 19.2 Å². The number of aromatic nitrogens is 1. The number of esters is 3. The van der Waals surface area contributed by atoms with E-state index >= 15 is 4.39 Å². The average Bonchev–Trinajstić information content (AvgIpc) is 3.63. The number of carbonyl (C=O) groups is 4. The standard InChI is InChI=1S/C46H57F2N3O13/c1-23(2)59-42(56)50-34(33-28(48)14-11-17-49-33)35(53)41(55)60-29-18-46(57)39(63-40(54)26-12-9-8-10-13-26)37-44(7,16-15-30-45(37,22-58-30)64-25(4)52)38-36(32(24(29)3)43(46,5)6)61-31(62-38)21-51-19-27(47)20-51/h8-14,17,23,27,29-31,34-39,53,57H,15-16,18-22H2,1-7H3,(H,50,56)/t29-,30+,31+,34-,35+,36+,37-,38+,39-,44+,45-,46+/m0/s1. The summed E-state index contributed by atoms with van der Waals surface area (Å²) < 4.78 is 73.5. The average molecular weight is 898 g/mol. The molecule has 3 aliphatic heterocycles. The van der Waals surface area contributed by atoms with E-state index in [2.05, 4.69) is 10.3 Å². The first-order valence-corrected chi connectivity index (χ1v) is 21.8. The molecule has 3 N–H and O–H groups in total. The van der Waals surface area contributed by atoms with Crippen LogP contribution >= 0.6 is 0 Å². The Morgan fingerprint density at radius 3 is 2.39 bits per heavy atom. The number of alkyl halides is 1. The highest BCUT2D eigenvalue weighted by molar-refractivity contribution is 5.89. The smallest absolute Gasteiger partial charge is 0.408 e. The van der Waals surface area contributed by atoms with Gasteiger partial charge in [-0.3, -0.25) is 14.7 Å². The van der Waals surface area contributed by atoms with Gasteiger partial charge in [-0.25, -0.2) is 23.2 Å². The summed E-state index contributed by atoms with van der Waals surface area (Å²) in [5, 5.41) is 27.9. The molecule has 64 heavy (non-hydrogen) atoms. The van der Waals surface area contributed by atoms with Crippen LogP contribution in [0.2, 0.25) is 0 Å². The van der Waals surface area contributed by atoms with Crippen LogP contribution in [-0.4, -0.2) is 137 Å². The molecule has 4 heterocycles. The normalized spacial score (nSPS) is 35.2. The van der Waals surface area contributed by atoms with Gasteiger partial charge in [0, 0.05) is 50.0 Å². The number of aliphatic hydroxyl groups is 2. The predicted octanol–water partition coefficient (Wildman–Crippen LogP) is 4.27. The molecule has 6 aliphatic rings. The number of hydrogen-bond acceptors (Lipinski definition) is 15. The third-order valence-corrected chi connectivity index (χ3v) is 14.4. The third-order valence-electron chi connectivity index (χ3n) is 14.4. The molecule has 1 aromatic heterocycles. The predicted molar refractivity (Wildman–Crippen MR) is 219 cm³/mol. The number of nitrogens with zero attached hydrogens (tertiary/aromatic N) is 2. The topological polar surface area (TPSA) is 202 Å². The minimum absolute atomic E-state index is 0.0925. The van der Waals surface area contributed by atoms with Crippen molar-refractivity contribution in [2.24, 2.45) is 16.7 Å². The number of pyridine rings is 1. The number of benzene rings is 1. The van der Waals surface area contributed by atoms with Crippen molar-refractivity contribution in [1.82, 2.24) is 15.2 Å². The van der Waals surface area contributed by atoms with E-state index in [1.54, 1.807) is 65.0 Å². The molecule has 5 fully saturated rings. The van der Waals surface area contributed by atoms with Gasteiger partial charge in [-0.1, -0.05) is 39.0 Å². The maximum atomic E-state index is 15.3. The minimum atomic E-state index is -2.26. The zero-order valence-electron chi connectivity index (χ0n) is 37.0. The summed E-state index contributed by atoms with van der Waals surface area (Å²) in [5.41, 5.74) is -5.47. The molecular weight excluding hydrogens is 841 g/mol. The van der Waals surface area contributed by atoms with Gasteiger partial charge in [0.05, 0.1) is 30.3 Å². The van der Waals surface area contributed by atoms with Crippen LogP contribution in [0.5, 0.6) is 0 Å². The van der Waals surface area contributed by atoms with Crippen LogP contribution in [0.25, 0.3) is 0 Å². The molecule has 18 heteroatoms. The van der Waals surface area contributed by atoms with E-state index in [0.717, 1.165) is 6.07 Å². The lowest BCUT2D eigenvalue weighted by Crippen LogP contribution is -2.79. The Kier molecular flexibility index (Phi) is 12.2. The second kappa shape index (κ2) is 17.0. The Labute approximate surface area is 369 Å². The van der Waals surface area contributed by atoms with Crippen LogP contribution in [0, 0.1) is 22.6 Å². The summed E-state index contributed by atoms with van der Waals surface area (Å²) in [5.74, 6) is -4.69. The molecule has 0 spiro atoms. The first kappa shape index (κ1) is 46.0. The molecule has 2 aromatic rings. The largest absolute Gasteiger partial charge is 0.456 e. The van der Waals surface area contributed by atoms with Crippen LogP contribution in [0.15, 0.2) is 59.8 Å². The van der Waals surface area contributed by atoms with Gasteiger partial charge >= 0.3 is 24.0 Å². The summed E-state index contributed by atoms with van der Waals surface area (Å²) >= 11 is 0. The van der Waals surface area contributed by atoms with Crippen molar-refractivity contribution in [3.8, 4) is 0 Å². The van der Waals surface area contributed by atoms with Gasteiger partial charge in [0.2, 0.25) is 0 Å². The molecule has 3 saturated heterocycles. The summed E-state index contributed by atoms with van der Waals surface area (Å²) in [6, 6.07) is 8.76. The van der Waals surface area contributed by atoms with Crippen LogP contribution in [0.1, 0.15) is 89.8 Å². The molecule has 8 rings (SSSR count). The summed E-state index contributed by atoms with van der Waals surface area (Å²) in [6.45, 7) is 12.1. The highest BCUT2D eigenvalue weighted by Crippen LogP contribution is 2.66. The third kappa shape index (κ3) is 7.76. The van der Waals surface area contributed by atoms with E-state index in [0.29, 0.717) is 24.0 Å². The summed E-state index contributed by atoms with van der Waals surface area (Å²) in [6.07, 6.45) is -9.58. The molecule has 12 atom stereocenters. The van der Waals surface area contributed by atoms with Crippen molar-refractivity contribution in [3.05, 3.63) is 76.9 Å². The molecule has 0 radical (unpaired) electrons. The number of amides is 1. The molecule has 1 amide bonds. The number of alkyl carbamates (subject to hydrolysis) is 1. The lowest BCUT2D eigenvalue weighted by Gasteiger charge is -2.68. The number of fused-ring (bicyclic) bond motifs is 8. The van der Waals surface area contributed by atoms with Gasteiger partial charge < -0.3 is 48.7 Å². The number of likely N-dealkylation sites (tertiary alicyclic amines) is 1. The number of nitrogens with one attached hydrogen (secondary N) is 1. The Bertz CT molecular complexity index is 2170. The number of aliphatic hydroxyl groups excluding tert-OH is 1. The lowest BCUT2D eigenvalue weighted by atomic mass is 9.45. The molecule has 2 saturated carbocycles. The number of halogens is 2. The van der Waals surface area contributed by atoms with E-state index < -0.39 is 131 Å². The second-order valence-corrected chi connectivity index (χ2v) is 19.1. The highest BCUT2D eigenvalue weighted by Gasteiger charge is 2.77. The highest BCUT2D eigenvalue weighted by atomic mass is 19.1. The van der Waals surface area contributed by atoms with Gasteiger partial charge in [-0.05, 0) is 69.0 Å². The fraction of sp³-hybridized carbons (Fsp3) is 0.630. The van der Waals surface area contributed by atoms with Gasteiger partial charge in [-0.2, -0.15) is 0 Å². The van der Waals surface area contributed by atoms with Gasteiger partial charge in [0.25, 0.3) is 0 Å². The molecule has 2 bridgehead atoms.